The first-order chi connectivity index (χ1) is 9.02. The first-order valence-electron chi connectivity index (χ1n) is 5.81. The summed E-state index contributed by atoms with van der Waals surface area (Å²) in [5, 5.41) is 0.693. The van der Waals surface area contributed by atoms with Gasteiger partial charge in [-0.1, -0.05) is 23.7 Å². The molecule has 0 radical (unpaired) electrons. The molecule has 0 spiro atoms. The summed E-state index contributed by atoms with van der Waals surface area (Å²) in [6.07, 6.45) is 0. The van der Waals surface area contributed by atoms with E-state index in [1.165, 1.54) is 6.07 Å². The van der Waals surface area contributed by atoms with Crippen molar-refractivity contribution in [3.63, 3.8) is 0 Å². The highest BCUT2D eigenvalue weighted by molar-refractivity contribution is 6.32. The van der Waals surface area contributed by atoms with Crippen LogP contribution in [0.3, 0.4) is 0 Å². The van der Waals surface area contributed by atoms with Crippen molar-refractivity contribution in [1.82, 2.24) is 0 Å². The van der Waals surface area contributed by atoms with Crippen molar-refractivity contribution in [2.24, 2.45) is 0 Å². The predicted octanol–water partition coefficient (Wildman–Crippen LogP) is 5.63. The molecule has 0 aliphatic rings. The fraction of sp³-hybridized carbons (Fsp3) is 0.200. The molecule has 1 nitrogen and oxygen atoms in total. The van der Waals surface area contributed by atoms with Gasteiger partial charge in [0, 0.05) is 10.6 Å². The predicted molar refractivity (Wildman–Crippen MR) is 77.0 cm³/mol. The molecule has 0 heterocycles. The zero-order valence-electron chi connectivity index (χ0n) is 10.6. The Kier molecular flexibility index (Phi) is 4.33. The summed E-state index contributed by atoms with van der Waals surface area (Å²) < 4.78 is 19.4. The summed E-state index contributed by atoms with van der Waals surface area (Å²) in [6, 6.07) is 8.25. The lowest BCUT2D eigenvalue weighted by atomic mass is 10.1. The first kappa shape index (κ1) is 14.2. The van der Waals surface area contributed by atoms with E-state index in [0.717, 1.165) is 11.1 Å². The van der Waals surface area contributed by atoms with E-state index in [1.54, 1.807) is 24.3 Å². The molecule has 0 bridgehead atoms. The molecule has 19 heavy (non-hydrogen) atoms. The Morgan fingerprint density at radius 3 is 2.37 bits per heavy atom. The van der Waals surface area contributed by atoms with Crippen LogP contribution in [-0.2, 0) is 5.88 Å². The molecule has 0 unspecified atom stereocenters. The second-order valence-electron chi connectivity index (χ2n) is 4.33. The molecule has 0 atom stereocenters. The highest BCUT2D eigenvalue weighted by Gasteiger charge is 2.11. The number of halogens is 3. The minimum absolute atomic E-state index is 0.165. The van der Waals surface area contributed by atoms with Crippen molar-refractivity contribution in [2.45, 2.75) is 19.7 Å². The molecule has 2 aromatic carbocycles. The van der Waals surface area contributed by atoms with Gasteiger partial charge in [-0.2, -0.15) is 0 Å². The van der Waals surface area contributed by atoms with E-state index >= 15 is 0 Å². The standard InChI is InChI=1S/C15H13Cl2FO/c1-9-6-12(7-10(2)14(9)17)19-15-11(8-16)4-3-5-13(15)18/h3-7H,8H2,1-2H3. The lowest BCUT2D eigenvalue weighted by Gasteiger charge is -2.12. The Morgan fingerprint density at radius 1 is 1.16 bits per heavy atom. The van der Waals surface area contributed by atoms with Crippen molar-refractivity contribution < 1.29 is 9.13 Å². The maximum atomic E-state index is 13.8. The van der Waals surface area contributed by atoms with Crippen LogP contribution in [0.15, 0.2) is 30.3 Å². The van der Waals surface area contributed by atoms with Crippen molar-refractivity contribution in [3.05, 3.63) is 57.9 Å². The van der Waals surface area contributed by atoms with Crippen LogP contribution in [0.4, 0.5) is 4.39 Å². The van der Waals surface area contributed by atoms with Crippen molar-refractivity contribution in [2.75, 3.05) is 0 Å². The highest BCUT2D eigenvalue weighted by atomic mass is 35.5. The molecule has 0 fully saturated rings. The van der Waals surface area contributed by atoms with Gasteiger partial charge in [0.05, 0.1) is 5.88 Å². The van der Waals surface area contributed by atoms with Gasteiger partial charge in [-0.25, -0.2) is 4.39 Å². The third kappa shape index (κ3) is 3.02. The number of hydrogen-bond acceptors (Lipinski definition) is 1. The molecule has 2 aromatic rings. The van der Waals surface area contributed by atoms with E-state index in [2.05, 4.69) is 0 Å². The van der Waals surface area contributed by atoms with E-state index in [9.17, 15) is 4.39 Å². The smallest absolute Gasteiger partial charge is 0.167 e. The summed E-state index contributed by atoms with van der Waals surface area (Å²) in [7, 11) is 0. The first-order valence-corrected chi connectivity index (χ1v) is 6.72. The zero-order valence-corrected chi connectivity index (χ0v) is 12.1. The molecular formula is C15H13Cl2FO. The van der Waals surface area contributed by atoms with Crippen molar-refractivity contribution in [1.29, 1.82) is 0 Å². The van der Waals surface area contributed by atoms with Crippen LogP contribution in [0.2, 0.25) is 5.02 Å². The lowest BCUT2D eigenvalue weighted by molar-refractivity contribution is 0.437. The Bertz CT molecular complexity index is 588. The lowest BCUT2D eigenvalue weighted by Crippen LogP contribution is -1.94. The van der Waals surface area contributed by atoms with Crippen molar-refractivity contribution >= 4 is 23.2 Å². The quantitative estimate of drug-likeness (QED) is 0.668. The van der Waals surface area contributed by atoms with Gasteiger partial charge in [0.1, 0.15) is 5.75 Å². The number of rotatable bonds is 3. The van der Waals surface area contributed by atoms with Crippen LogP contribution in [0.1, 0.15) is 16.7 Å². The minimum Gasteiger partial charge on any atom is -0.454 e. The Labute approximate surface area is 121 Å². The van der Waals surface area contributed by atoms with Crippen LogP contribution in [0.25, 0.3) is 0 Å². The molecule has 0 aliphatic carbocycles. The molecule has 0 saturated heterocycles. The number of alkyl halides is 1. The second kappa shape index (κ2) is 5.81. The van der Waals surface area contributed by atoms with Gasteiger partial charge in [0.25, 0.3) is 0 Å². The minimum atomic E-state index is -0.427. The van der Waals surface area contributed by atoms with Gasteiger partial charge >= 0.3 is 0 Å². The monoisotopic (exact) mass is 298 g/mol. The molecule has 4 heteroatoms. The van der Waals surface area contributed by atoms with Gasteiger partial charge < -0.3 is 4.74 Å². The molecule has 0 aliphatic heterocycles. The van der Waals surface area contributed by atoms with Crippen LogP contribution < -0.4 is 4.74 Å². The summed E-state index contributed by atoms with van der Waals surface area (Å²) in [5.41, 5.74) is 2.40. The number of ether oxygens (including phenoxy) is 1. The topological polar surface area (TPSA) is 9.23 Å². The van der Waals surface area contributed by atoms with E-state index in [4.69, 9.17) is 27.9 Å². The molecule has 0 N–H and O–H groups in total. The molecule has 100 valence electrons. The van der Waals surface area contributed by atoms with Crippen molar-refractivity contribution in [3.8, 4) is 11.5 Å². The summed E-state index contributed by atoms with van der Waals surface area (Å²) in [4.78, 5) is 0. The average Bonchev–Trinajstić information content (AvgIpc) is 2.38. The molecule has 0 saturated carbocycles. The Morgan fingerprint density at radius 2 is 1.79 bits per heavy atom. The van der Waals surface area contributed by atoms with Crippen LogP contribution in [-0.4, -0.2) is 0 Å². The van der Waals surface area contributed by atoms with Gasteiger partial charge in [0.15, 0.2) is 11.6 Å². The largest absolute Gasteiger partial charge is 0.454 e. The van der Waals surface area contributed by atoms with E-state index < -0.39 is 5.82 Å². The maximum absolute atomic E-state index is 13.8. The molecule has 0 aromatic heterocycles. The molecule has 2 rings (SSSR count). The summed E-state index contributed by atoms with van der Waals surface area (Å²) in [5.74, 6) is 0.483. The zero-order chi connectivity index (χ0) is 14.0. The average molecular weight is 299 g/mol. The fourth-order valence-electron chi connectivity index (χ4n) is 1.86. The van der Waals surface area contributed by atoms with Gasteiger partial charge in [0.2, 0.25) is 0 Å². The van der Waals surface area contributed by atoms with Gasteiger partial charge in [-0.3, -0.25) is 0 Å². The molecule has 0 amide bonds. The normalized spacial score (nSPS) is 10.6. The number of benzene rings is 2. The van der Waals surface area contributed by atoms with E-state index in [1.807, 2.05) is 13.8 Å². The third-order valence-corrected chi connectivity index (χ3v) is 3.71. The van der Waals surface area contributed by atoms with E-state index in [-0.39, 0.29) is 11.6 Å². The Balaban J connectivity index is 2.42. The fourth-order valence-corrected chi connectivity index (χ4v) is 2.18. The van der Waals surface area contributed by atoms with Gasteiger partial charge in [-0.05, 0) is 43.2 Å². The maximum Gasteiger partial charge on any atom is 0.167 e. The SMILES string of the molecule is Cc1cc(Oc2c(F)cccc2CCl)cc(C)c1Cl. The van der Waals surface area contributed by atoms with Gasteiger partial charge in [-0.15, -0.1) is 11.6 Å². The summed E-state index contributed by atoms with van der Waals surface area (Å²) >= 11 is 11.9. The number of para-hydroxylation sites is 1. The summed E-state index contributed by atoms with van der Waals surface area (Å²) in [6.45, 7) is 3.76. The van der Waals surface area contributed by atoms with Crippen LogP contribution >= 0.6 is 23.2 Å². The molecular weight excluding hydrogens is 286 g/mol. The highest BCUT2D eigenvalue weighted by Crippen LogP contribution is 2.32. The number of hydrogen-bond donors (Lipinski definition) is 0. The Hall–Kier alpha value is -1.25. The number of aryl methyl sites for hydroxylation is 2. The van der Waals surface area contributed by atoms with E-state index in [0.29, 0.717) is 16.3 Å². The third-order valence-electron chi connectivity index (χ3n) is 2.82. The second-order valence-corrected chi connectivity index (χ2v) is 4.98. The van der Waals surface area contributed by atoms with Crippen LogP contribution in [0, 0.1) is 19.7 Å². The van der Waals surface area contributed by atoms with Crippen LogP contribution in [0.5, 0.6) is 11.5 Å².